The molecule has 1 N–H and O–H groups in total. The second kappa shape index (κ2) is 7.92. The first-order valence-corrected chi connectivity index (χ1v) is 8.72. The van der Waals surface area contributed by atoms with Gasteiger partial charge in [0.15, 0.2) is 0 Å². The Hall–Kier alpha value is -0.910. The lowest BCUT2D eigenvalue weighted by atomic mass is 10.0. The molecule has 2 heterocycles. The summed E-state index contributed by atoms with van der Waals surface area (Å²) in [6.07, 6.45) is 1.03. The van der Waals surface area contributed by atoms with Gasteiger partial charge < -0.3 is 15.1 Å². The van der Waals surface area contributed by atoms with E-state index >= 15 is 0 Å². The van der Waals surface area contributed by atoms with Crippen molar-refractivity contribution >= 4 is 17.2 Å². The van der Waals surface area contributed by atoms with Crippen LogP contribution in [0, 0.1) is 0 Å². The number of nitrogens with zero attached hydrogens (tertiary/aromatic N) is 2. The Balaban J connectivity index is 1.68. The molecule has 1 aromatic rings. The van der Waals surface area contributed by atoms with E-state index in [2.05, 4.69) is 42.1 Å². The van der Waals surface area contributed by atoms with Crippen LogP contribution in [0.5, 0.6) is 0 Å². The molecule has 0 atom stereocenters. The molecule has 0 aliphatic carbocycles. The van der Waals surface area contributed by atoms with Gasteiger partial charge in [0.05, 0.1) is 4.88 Å². The van der Waals surface area contributed by atoms with E-state index in [1.807, 2.05) is 5.38 Å². The average Bonchev–Trinajstić information content (AvgIpc) is 2.95. The number of likely N-dealkylation sites (N-methyl/N-ethyl adjacent to an activating group) is 1. The molecule has 1 aliphatic rings. The maximum absolute atomic E-state index is 12.2. The number of hydrogen-bond donors (Lipinski definition) is 1. The summed E-state index contributed by atoms with van der Waals surface area (Å²) >= 11 is 1.54. The van der Waals surface area contributed by atoms with Gasteiger partial charge in [-0.05, 0) is 42.9 Å². The van der Waals surface area contributed by atoms with Crippen molar-refractivity contribution in [1.29, 1.82) is 0 Å². The maximum atomic E-state index is 12.2. The van der Waals surface area contributed by atoms with Crippen molar-refractivity contribution in [2.45, 2.75) is 26.2 Å². The first-order chi connectivity index (χ1) is 10.1. The van der Waals surface area contributed by atoms with Crippen molar-refractivity contribution in [3.05, 3.63) is 21.9 Å². The fourth-order valence-electron chi connectivity index (χ4n) is 2.61. The molecule has 21 heavy (non-hydrogen) atoms. The minimum absolute atomic E-state index is 0.0899. The second-order valence-corrected chi connectivity index (χ2v) is 7.03. The van der Waals surface area contributed by atoms with Crippen LogP contribution < -0.4 is 5.32 Å². The van der Waals surface area contributed by atoms with Gasteiger partial charge in [-0.1, -0.05) is 13.8 Å². The molecule has 1 fully saturated rings. The van der Waals surface area contributed by atoms with Gasteiger partial charge in [-0.3, -0.25) is 4.79 Å². The van der Waals surface area contributed by atoms with E-state index in [-0.39, 0.29) is 5.91 Å². The molecule has 1 aromatic heterocycles. The largest absolute Gasteiger partial charge is 0.351 e. The van der Waals surface area contributed by atoms with Crippen LogP contribution >= 0.6 is 11.3 Å². The zero-order valence-electron chi connectivity index (χ0n) is 13.4. The summed E-state index contributed by atoms with van der Waals surface area (Å²) in [6.45, 7) is 10.7. The summed E-state index contributed by atoms with van der Waals surface area (Å²) in [6, 6.07) is 2.06. The second-order valence-electron chi connectivity index (χ2n) is 6.11. The maximum Gasteiger partial charge on any atom is 0.261 e. The van der Waals surface area contributed by atoms with Crippen LogP contribution in [0.15, 0.2) is 11.4 Å². The normalized spacial score (nSPS) is 17.3. The zero-order valence-corrected chi connectivity index (χ0v) is 14.2. The van der Waals surface area contributed by atoms with Crippen molar-refractivity contribution in [3.8, 4) is 0 Å². The number of piperazine rings is 1. The van der Waals surface area contributed by atoms with Crippen LogP contribution in [0.3, 0.4) is 0 Å². The van der Waals surface area contributed by atoms with Crippen LogP contribution in [-0.4, -0.2) is 62.0 Å². The summed E-state index contributed by atoms with van der Waals surface area (Å²) < 4.78 is 0. The highest BCUT2D eigenvalue weighted by molar-refractivity contribution is 7.12. The molecule has 118 valence electrons. The van der Waals surface area contributed by atoms with Gasteiger partial charge in [0.25, 0.3) is 5.91 Å². The molecule has 1 amide bonds. The molecular formula is C16H27N3OS. The fraction of sp³-hybridized carbons (Fsp3) is 0.688. The monoisotopic (exact) mass is 309 g/mol. The predicted octanol–water partition coefficient (Wildman–Crippen LogP) is 2.24. The highest BCUT2D eigenvalue weighted by atomic mass is 32.1. The highest BCUT2D eigenvalue weighted by Crippen LogP contribution is 2.24. The van der Waals surface area contributed by atoms with Gasteiger partial charge in [-0.2, -0.15) is 0 Å². The number of amides is 1. The van der Waals surface area contributed by atoms with Crippen molar-refractivity contribution in [2.24, 2.45) is 0 Å². The first-order valence-electron chi connectivity index (χ1n) is 7.84. The molecule has 0 bridgehead atoms. The summed E-state index contributed by atoms with van der Waals surface area (Å²) in [7, 11) is 2.17. The topological polar surface area (TPSA) is 35.6 Å². The number of carbonyl (C=O) groups is 1. The molecular weight excluding hydrogens is 282 g/mol. The van der Waals surface area contributed by atoms with Crippen molar-refractivity contribution < 1.29 is 4.79 Å². The van der Waals surface area contributed by atoms with Gasteiger partial charge >= 0.3 is 0 Å². The van der Waals surface area contributed by atoms with Gasteiger partial charge in [0.2, 0.25) is 0 Å². The molecule has 0 unspecified atom stereocenters. The number of thiophene rings is 1. The van der Waals surface area contributed by atoms with Crippen molar-refractivity contribution in [3.63, 3.8) is 0 Å². The Morgan fingerprint density at radius 2 is 2.05 bits per heavy atom. The molecule has 0 aromatic carbocycles. The Labute approximate surface area is 132 Å². The third-order valence-corrected chi connectivity index (χ3v) is 4.99. The molecule has 2 rings (SSSR count). The van der Waals surface area contributed by atoms with Gasteiger partial charge in [-0.25, -0.2) is 0 Å². The van der Waals surface area contributed by atoms with Crippen molar-refractivity contribution in [1.82, 2.24) is 15.1 Å². The van der Waals surface area contributed by atoms with E-state index in [4.69, 9.17) is 0 Å². The highest BCUT2D eigenvalue weighted by Gasteiger charge is 2.16. The van der Waals surface area contributed by atoms with Crippen LogP contribution in [0.4, 0.5) is 0 Å². The number of carbonyl (C=O) groups excluding carboxylic acids is 1. The van der Waals surface area contributed by atoms with Gasteiger partial charge in [0.1, 0.15) is 0 Å². The molecule has 1 saturated heterocycles. The number of nitrogens with one attached hydrogen (secondary N) is 1. The Morgan fingerprint density at radius 1 is 1.33 bits per heavy atom. The Morgan fingerprint density at radius 3 is 2.71 bits per heavy atom. The number of hydrogen-bond acceptors (Lipinski definition) is 4. The van der Waals surface area contributed by atoms with E-state index in [9.17, 15) is 4.79 Å². The fourth-order valence-corrected chi connectivity index (χ4v) is 3.58. The zero-order chi connectivity index (χ0) is 15.2. The van der Waals surface area contributed by atoms with Crippen LogP contribution in [0.1, 0.15) is 41.4 Å². The third kappa shape index (κ3) is 4.80. The summed E-state index contributed by atoms with van der Waals surface area (Å²) in [5.74, 6) is 0.495. The minimum Gasteiger partial charge on any atom is -0.351 e. The first kappa shape index (κ1) is 16.5. The van der Waals surface area contributed by atoms with E-state index in [0.717, 1.165) is 56.1 Å². The molecule has 5 heteroatoms. The van der Waals surface area contributed by atoms with E-state index in [1.54, 1.807) is 11.3 Å². The van der Waals surface area contributed by atoms with Gasteiger partial charge in [0, 0.05) is 32.7 Å². The lowest BCUT2D eigenvalue weighted by molar-refractivity contribution is 0.0952. The van der Waals surface area contributed by atoms with E-state index in [1.165, 1.54) is 0 Å². The summed E-state index contributed by atoms with van der Waals surface area (Å²) in [4.78, 5) is 17.9. The van der Waals surface area contributed by atoms with E-state index in [0.29, 0.717) is 5.92 Å². The summed E-state index contributed by atoms with van der Waals surface area (Å²) in [5, 5.41) is 5.07. The smallest absolute Gasteiger partial charge is 0.261 e. The lowest BCUT2D eigenvalue weighted by Crippen LogP contribution is -2.45. The predicted molar refractivity (Wildman–Crippen MR) is 89.3 cm³/mol. The van der Waals surface area contributed by atoms with Crippen LogP contribution in [0.25, 0.3) is 0 Å². The van der Waals surface area contributed by atoms with Crippen LogP contribution in [-0.2, 0) is 0 Å². The molecule has 4 nitrogen and oxygen atoms in total. The van der Waals surface area contributed by atoms with Crippen molar-refractivity contribution in [2.75, 3.05) is 46.3 Å². The average molecular weight is 309 g/mol. The Kier molecular flexibility index (Phi) is 6.21. The minimum atomic E-state index is 0.0899. The quantitative estimate of drug-likeness (QED) is 0.819. The third-order valence-electron chi connectivity index (χ3n) is 4.06. The number of rotatable bonds is 6. The standard InChI is InChI=1S/C16H27N3OS/c1-13(2)14-5-12-21-15(14)16(20)17-6-4-7-19-10-8-18(3)9-11-19/h5,12-13H,4,6-11H2,1-3H3,(H,17,20). The van der Waals surface area contributed by atoms with Gasteiger partial charge in [-0.15, -0.1) is 11.3 Å². The Bertz CT molecular complexity index is 450. The lowest BCUT2D eigenvalue weighted by Gasteiger charge is -2.32. The molecule has 0 radical (unpaired) electrons. The molecule has 1 aliphatic heterocycles. The van der Waals surface area contributed by atoms with E-state index < -0.39 is 0 Å². The molecule has 0 spiro atoms. The van der Waals surface area contributed by atoms with Crippen LogP contribution in [0.2, 0.25) is 0 Å². The summed E-state index contributed by atoms with van der Waals surface area (Å²) in [5.41, 5.74) is 1.16. The SMILES string of the molecule is CC(C)c1ccsc1C(=O)NCCCN1CCN(C)CC1. The molecule has 0 saturated carbocycles.